The number of hydrogen-bond donors (Lipinski definition) is 0. The lowest BCUT2D eigenvalue weighted by atomic mass is 9.89. The maximum atomic E-state index is 13.4. The lowest BCUT2D eigenvalue weighted by Crippen LogP contribution is -2.42. The molecule has 8 nitrogen and oxygen atoms in total. The molecule has 0 spiro atoms. The molecule has 3 aromatic rings. The Kier molecular flexibility index (Phi) is 6.83. The van der Waals surface area contributed by atoms with Crippen LogP contribution in [0.25, 0.3) is 5.65 Å². The maximum Gasteiger partial charge on any atom is 0.420 e. The van der Waals surface area contributed by atoms with Crippen molar-refractivity contribution in [2.45, 2.75) is 45.1 Å². The van der Waals surface area contributed by atoms with E-state index in [1.54, 1.807) is 6.20 Å². The van der Waals surface area contributed by atoms with E-state index >= 15 is 0 Å². The average molecular weight is 542 g/mol. The molecule has 0 atom stereocenters. The number of halogens is 1. The molecule has 1 aromatic carbocycles. The second kappa shape index (κ2) is 9.87. The van der Waals surface area contributed by atoms with E-state index in [4.69, 9.17) is 9.47 Å². The van der Waals surface area contributed by atoms with Crippen LogP contribution in [0, 0.1) is 5.92 Å². The zero-order chi connectivity index (χ0) is 24.6. The van der Waals surface area contributed by atoms with Crippen molar-refractivity contribution < 1.29 is 14.3 Å². The van der Waals surface area contributed by atoms with E-state index in [1.807, 2.05) is 49.7 Å². The summed E-state index contributed by atoms with van der Waals surface area (Å²) in [6.45, 7) is 10.8. The van der Waals surface area contributed by atoms with E-state index in [-0.39, 0.29) is 0 Å². The Morgan fingerprint density at radius 3 is 2.54 bits per heavy atom. The molecule has 4 heterocycles. The number of piperidine rings is 1. The van der Waals surface area contributed by atoms with Gasteiger partial charge in [0, 0.05) is 31.1 Å². The van der Waals surface area contributed by atoms with Gasteiger partial charge in [-0.2, -0.15) is 0 Å². The molecule has 35 heavy (non-hydrogen) atoms. The summed E-state index contributed by atoms with van der Waals surface area (Å²) in [7, 11) is 0. The Morgan fingerprint density at radius 2 is 1.91 bits per heavy atom. The van der Waals surface area contributed by atoms with Crippen molar-refractivity contribution in [1.29, 1.82) is 0 Å². The molecule has 0 saturated carbocycles. The summed E-state index contributed by atoms with van der Waals surface area (Å²) < 4.78 is 13.5. The summed E-state index contributed by atoms with van der Waals surface area (Å²) in [5, 5.41) is 0. The summed E-state index contributed by atoms with van der Waals surface area (Å²) in [6.07, 6.45) is 7.12. The molecular weight excluding hydrogens is 510 g/mol. The van der Waals surface area contributed by atoms with Crippen LogP contribution in [-0.2, 0) is 9.47 Å². The van der Waals surface area contributed by atoms with E-state index < -0.39 is 11.7 Å². The van der Waals surface area contributed by atoms with Gasteiger partial charge in [-0.25, -0.2) is 19.7 Å². The highest BCUT2D eigenvalue weighted by molar-refractivity contribution is 9.10. The van der Waals surface area contributed by atoms with Gasteiger partial charge >= 0.3 is 6.09 Å². The zero-order valence-corrected chi connectivity index (χ0v) is 22.1. The first-order valence-corrected chi connectivity index (χ1v) is 13.0. The molecule has 2 aliphatic heterocycles. The molecule has 0 bridgehead atoms. The van der Waals surface area contributed by atoms with Gasteiger partial charge in [-0.05, 0) is 86.2 Å². The Hall–Kier alpha value is -2.49. The van der Waals surface area contributed by atoms with Crippen LogP contribution in [-0.4, -0.2) is 63.8 Å². The highest BCUT2D eigenvalue weighted by Gasteiger charge is 2.30. The van der Waals surface area contributed by atoms with Gasteiger partial charge in [0.1, 0.15) is 10.2 Å². The molecule has 186 valence electrons. The molecule has 2 saturated heterocycles. The highest BCUT2D eigenvalue weighted by Crippen LogP contribution is 2.34. The SMILES string of the molecule is CC(C)(C)OC(=O)N(c1ccc(C2CCN(CC3COC3)CC2)cc1)c1nc(Br)cn2ccnc12. The van der Waals surface area contributed by atoms with Gasteiger partial charge in [-0.3, -0.25) is 0 Å². The Morgan fingerprint density at radius 1 is 1.20 bits per heavy atom. The van der Waals surface area contributed by atoms with Gasteiger partial charge < -0.3 is 18.8 Å². The van der Waals surface area contributed by atoms with Crippen LogP contribution >= 0.6 is 15.9 Å². The minimum absolute atomic E-state index is 0.416. The molecule has 2 fully saturated rings. The van der Waals surface area contributed by atoms with E-state index in [1.165, 1.54) is 10.5 Å². The molecule has 5 rings (SSSR count). The van der Waals surface area contributed by atoms with Crippen molar-refractivity contribution in [3.8, 4) is 0 Å². The fourth-order valence-electron chi connectivity index (χ4n) is 4.76. The molecule has 0 N–H and O–H groups in total. The number of nitrogens with zero attached hydrogens (tertiary/aromatic N) is 5. The number of likely N-dealkylation sites (tertiary alicyclic amines) is 1. The standard InChI is InChI=1S/C26H32BrN5O3/c1-26(2,3)35-25(33)32(24-23-28-10-13-31(23)15-22(27)29-24)21-6-4-19(5-7-21)20-8-11-30(12-9-20)14-18-16-34-17-18/h4-7,10,13,15,18,20H,8-9,11-12,14,16-17H2,1-3H3. The predicted molar refractivity (Wildman–Crippen MR) is 138 cm³/mol. The smallest absolute Gasteiger partial charge is 0.420 e. The van der Waals surface area contributed by atoms with Gasteiger partial charge in [0.2, 0.25) is 0 Å². The highest BCUT2D eigenvalue weighted by atomic mass is 79.9. The number of benzene rings is 1. The third kappa shape index (κ3) is 5.52. The lowest BCUT2D eigenvalue weighted by molar-refractivity contribution is -0.0487. The summed E-state index contributed by atoms with van der Waals surface area (Å²) in [5.74, 6) is 1.65. The maximum absolute atomic E-state index is 13.4. The topological polar surface area (TPSA) is 72.2 Å². The minimum Gasteiger partial charge on any atom is -0.443 e. The molecule has 0 radical (unpaired) electrons. The van der Waals surface area contributed by atoms with Gasteiger partial charge in [0.25, 0.3) is 0 Å². The van der Waals surface area contributed by atoms with Crippen molar-refractivity contribution in [2.24, 2.45) is 5.92 Å². The number of ether oxygens (including phenoxy) is 2. The van der Waals surface area contributed by atoms with Gasteiger partial charge in [0.05, 0.1) is 18.9 Å². The Balaban J connectivity index is 1.38. The number of rotatable bonds is 5. The molecule has 1 amide bonds. The summed E-state index contributed by atoms with van der Waals surface area (Å²) in [6, 6.07) is 8.24. The fourth-order valence-corrected chi connectivity index (χ4v) is 5.15. The monoisotopic (exact) mass is 541 g/mol. The van der Waals surface area contributed by atoms with Gasteiger partial charge in [0.15, 0.2) is 11.5 Å². The fraction of sp³-hybridized carbons (Fsp3) is 0.500. The molecule has 0 unspecified atom stereocenters. The Bertz CT molecular complexity index is 1180. The van der Waals surface area contributed by atoms with E-state index in [0.717, 1.165) is 45.7 Å². The second-order valence-corrected chi connectivity index (χ2v) is 11.2. The first-order chi connectivity index (χ1) is 16.8. The van der Waals surface area contributed by atoms with Crippen molar-refractivity contribution in [3.05, 3.63) is 53.0 Å². The second-order valence-electron chi connectivity index (χ2n) is 10.4. The number of hydrogen-bond acceptors (Lipinski definition) is 6. The number of anilines is 2. The van der Waals surface area contributed by atoms with Crippen LogP contribution in [0.1, 0.15) is 45.1 Å². The largest absolute Gasteiger partial charge is 0.443 e. The molecule has 2 aliphatic rings. The van der Waals surface area contributed by atoms with Crippen molar-refractivity contribution in [3.63, 3.8) is 0 Å². The third-order valence-electron chi connectivity index (χ3n) is 6.55. The minimum atomic E-state index is -0.646. The zero-order valence-electron chi connectivity index (χ0n) is 20.5. The summed E-state index contributed by atoms with van der Waals surface area (Å²) in [4.78, 5) is 26.5. The average Bonchev–Trinajstić information content (AvgIpc) is 3.25. The van der Waals surface area contributed by atoms with Gasteiger partial charge in [-0.15, -0.1) is 0 Å². The van der Waals surface area contributed by atoms with Crippen LogP contribution in [0.2, 0.25) is 0 Å². The van der Waals surface area contributed by atoms with Crippen LogP contribution in [0.4, 0.5) is 16.3 Å². The molecular formula is C26H32BrN5O3. The van der Waals surface area contributed by atoms with Crippen LogP contribution < -0.4 is 4.90 Å². The third-order valence-corrected chi connectivity index (χ3v) is 6.93. The quantitative estimate of drug-likeness (QED) is 0.431. The predicted octanol–water partition coefficient (Wildman–Crippen LogP) is 5.39. The normalized spacial score (nSPS) is 17.9. The number of fused-ring (bicyclic) bond motifs is 1. The number of carbonyl (C=O) groups excluding carboxylic acids is 1. The van der Waals surface area contributed by atoms with E-state index in [9.17, 15) is 4.79 Å². The first-order valence-electron chi connectivity index (χ1n) is 12.2. The first kappa shape index (κ1) is 24.2. The van der Waals surface area contributed by atoms with Crippen molar-refractivity contribution >= 4 is 39.2 Å². The number of aromatic nitrogens is 3. The lowest BCUT2D eigenvalue weighted by Gasteiger charge is -2.37. The van der Waals surface area contributed by atoms with E-state index in [0.29, 0.717) is 33.6 Å². The van der Waals surface area contributed by atoms with Crippen LogP contribution in [0.15, 0.2) is 47.5 Å². The number of carbonyl (C=O) groups is 1. The van der Waals surface area contributed by atoms with Gasteiger partial charge in [-0.1, -0.05) is 12.1 Å². The van der Waals surface area contributed by atoms with Crippen LogP contribution in [0.3, 0.4) is 0 Å². The number of imidazole rings is 1. The van der Waals surface area contributed by atoms with Crippen molar-refractivity contribution in [2.75, 3.05) is 37.7 Å². The summed E-state index contributed by atoms with van der Waals surface area (Å²) in [5.41, 5.74) is 1.93. The summed E-state index contributed by atoms with van der Waals surface area (Å²) >= 11 is 3.46. The Labute approximate surface area is 214 Å². The molecule has 2 aromatic heterocycles. The molecule has 9 heteroatoms. The van der Waals surface area contributed by atoms with Crippen LogP contribution in [0.5, 0.6) is 0 Å². The van der Waals surface area contributed by atoms with Crippen molar-refractivity contribution in [1.82, 2.24) is 19.3 Å². The van der Waals surface area contributed by atoms with E-state index in [2.05, 4.69) is 42.9 Å². The molecule has 0 aliphatic carbocycles. The number of amides is 1.